The molecule has 0 aliphatic carbocycles. The fourth-order valence-corrected chi connectivity index (χ4v) is 3.18. The maximum absolute atomic E-state index is 13.7. The molecular formula is C11H11FN2OS2. The SMILES string of the molecule is Cc1nsc(Sc2c(F)cccc2[C@@H](C)O)n1. The van der Waals surface area contributed by atoms with Crippen LogP contribution >= 0.6 is 23.3 Å². The number of rotatable bonds is 3. The number of nitrogens with zero attached hydrogens (tertiary/aromatic N) is 2. The summed E-state index contributed by atoms with van der Waals surface area (Å²) in [4.78, 5) is 4.59. The lowest BCUT2D eigenvalue weighted by Crippen LogP contribution is -1.96. The fourth-order valence-electron chi connectivity index (χ4n) is 1.37. The van der Waals surface area contributed by atoms with E-state index >= 15 is 0 Å². The predicted octanol–water partition coefficient (Wildman–Crippen LogP) is 3.19. The highest BCUT2D eigenvalue weighted by molar-refractivity contribution is 8.01. The van der Waals surface area contributed by atoms with Gasteiger partial charge in [-0.15, -0.1) is 0 Å². The molecule has 0 fully saturated rings. The Labute approximate surface area is 107 Å². The van der Waals surface area contributed by atoms with Crippen LogP contribution in [0.5, 0.6) is 0 Å². The van der Waals surface area contributed by atoms with Crippen LogP contribution in [0.15, 0.2) is 27.4 Å². The van der Waals surface area contributed by atoms with Crippen molar-refractivity contribution in [1.29, 1.82) is 0 Å². The van der Waals surface area contributed by atoms with Crippen LogP contribution in [0.4, 0.5) is 4.39 Å². The van der Waals surface area contributed by atoms with Gasteiger partial charge in [0.15, 0.2) is 4.34 Å². The van der Waals surface area contributed by atoms with E-state index < -0.39 is 6.10 Å². The third kappa shape index (κ3) is 2.83. The summed E-state index contributed by atoms with van der Waals surface area (Å²) in [6.45, 7) is 3.40. The molecule has 0 spiro atoms. The van der Waals surface area contributed by atoms with Crippen LogP contribution in [-0.2, 0) is 0 Å². The van der Waals surface area contributed by atoms with E-state index in [4.69, 9.17) is 0 Å². The van der Waals surface area contributed by atoms with Gasteiger partial charge in [-0.3, -0.25) is 0 Å². The lowest BCUT2D eigenvalue weighted by atomic mass is 10.1. The summed E-state index contributed by atoms with van der Waals surface area (Å²) in [5.41, 5.74) is 0.572. The fraction of sp³-hybridized carbons (Fsp3) is 0.273. The molecule has 1 heterocycles. The Morgan fingerprint density at radius 3 is 2.82 bits per heavy atom. The predicted molar refractivity (Wildman–Crippen MR) is 65.8 cm³/mol. The Hall–Kier alpha value is -0.980. The van der Waals surface area contributed by atoms with Crippen LogP contribution in [-0.4, -0.2) is 14.5 Å². The van der Waals surface area contributed by atoms with Gasteiger partial charge < -0.3 is 5.11 Å². The van der Waals surface area contributed by atoms with E-state index in [1.165, 1.54) is 29.4 Å². The monoisotopic (exact) mass is 270 g/mol. The molecule has 0 saturated carbocycles. The second kappa shape index (κ2) is 5.12. The number of aromatic nitrogens is 2. The Kier molecular flexibility index (Phi) is 3.76. The Bertz CT molecular complexity index is 528. The molecule has 0 saturated heterocycles. The maximum atomic E-state index is 13.7. The molecule has 1 atom stereocenters. The number of aliphatic hydroxyl groups excluding tert-OH is 1. The molecule has 0 amide bonds. The zero-order valence-electron chi connectivity index (χ0n) is 9.35. The van der Waals surface area contributed by atoms with Gasteiger partial charge in [0.1, 0.15) is 11.6 Å². The minimum Gasteiger partial charge on any atom is -0.389 e. The van der Waals surface area contributed by atoms with Crippen molar-refractivity contribution in [2.24, 2.45) is 0 Å². The Morgan fingerprint density at radius 2 is 2.24 bits per heavy atom. The molecule has 0 unspecified atom stereocenters. The van der Waals surface area contributed by atoms with Crippen LogP contribution < -0.4 is 0 Å². The normalized spacial score (nSPS) is 12.7. The quantitative estimate of drug-likeness (QED) is 0.930. The third-order valence-electron chi connectivity index (χ3n) is 2.15. The molecule has 17 heavy (non-hydrogen) atoms. The molecule has 2 aromatic rings. The molecule has 3 nitrogen and oxygen atoms in total. The molecule has 0 bridgehead atoms. The van der Waals surface area contributed by atoms with Crippen molar-refractivity contribution in [2.45, 2.75) is 29.2 Å². The third-order valence-corrected chi connectivity index (χ3v) is 4.12. The van der Waals surface area contributed by atoms with E-state index in [1.807, 2.05) is 0 Å². The first kappa shape index (κ1) is 12.5. The Morgan fingerprint density at radius 1 is 1.47 bits per heavy atom. The van der Waals surface area contributed by atoms with E-state index in [0.717, 1.165) is 0 Å². The van der Waals surface area contributed by atoms with Crippen LogP contribution in [0.3, 0.4) is 0 Å². The number of hydrogen-bond acceptors (Lipinski definition) is 5. The lowest BCUT2D eigenvalue weighted by Gasteiger charge is -2.10. The first-order chi connectivity index (χ1) is 8.08. The summed E-state index contributed by atoms with van der Waals surface area (Å²) in [5.74, 6) is 0.327. The summed E-state index contributed by atoms with van der Waals surface area (Å²) < 4.78 is 18.4. The van der Waals surface area contributed by atoms with E-state index in [1.54, 1.807) is 26.0 Å². The van der Waals surface area contributed by atoms with Crippen molar-refractivity contribution in [3.63, 3.8) is 0 Å². The minimum atomic E-state index is -0.706. The second-order valence-electron chi connectivity index (χ2n) is 3.54. The van der Waals surface area contributed by atoms with Crippen molar-refractivity contribution in [3.05, 3.63) is 35.4 Å². The lowest BCUT2D eigenvalue weighted by molar-refractivity contribution is 0.195. The number of hydrogen-bond donors (Lipinski definition) is 1. The topological polar surface area (TPSA) is 46.0 Å². The maximum Gasteiger partial charge on any atom is 0.174 e. The minimum absolute atomic E-state index is 0.346. The van der Waals surface area contributed by atoms with Crippen molar-refractivity contribution in [2.75, 3.05) is 0 Å². The molecule has 90 valence electrons. The van der Waals surface area contributed by atoms with Gasteiger partial charge in [0.2, 0.25) is 0 Å². The van der Waals surface area contributed by atoms with Gasteiger partial charge in [-0.2, -0.15) is 4.37 Å². The standard InChI is InChI=1S/C11H11FN2OS2/c1-6(15)8-4-3-5-9(12)10(8)16-11-13-7(2)14-17-11/h3-6,15H,1-2H3/t6-/m1/s1. The highest BCUT2D eigenvalue weighted by Crippen LogP contribution is 2.35. The van der Waals surface area contributed by atoms with E-state index in [9.17, 15) is 9.50 Å². The van der Waals surface area contributed by atoms with Crippen molar-refractivity contribution in [1.82, 2.24) is 9.36 Å². The second-order valence-corrected chi connectivity index (χ2v) is 5.55. The molecule has 1 N–H and O–H groups in total. The first-order valence-electron chi connectivity index (χ1n) is 5.02. The molecule has 1 aromatic heterocycles. The molecule has 1 aromatic carbocycles. The van der Waals surface area contributed by atoms with Gasteiger partial charge in [0.25, 0.3) is 0 Å². The molecule has 2 rings (SSSR count). The van der Waals surface area contributed by atoms with E-state index in [0.29, 0.717) is 20.6 Å². The van der Waals surface area contributed by atoms with Crippen LogP contribution in [0, 0.1) is 12.7 Å². The molecule has 0 radical (unpaired) electrons. The molecule has 0 aliphatic rings. The smallest absolute Gasteiger partial charge is 0.174 e. The van der Waals surface area contributed by atoms with Gasteiger partial charge in [0, 0.05) is 0 Å². The van der Waals surface area contributed by atoms with Gasteiger partial charge >= 0.3 is 0 Å². The average Bonchev–Trinajstić information content (AvgIpc) is 2.67. The van der Waals surface area contributed by atoms with Crippen LogP contribution in [0.2, 0.25) is 0 Å². The average molecular weight is 270 g/mol. The molecular weight excluding hydrogens is 259 g/mol. The van der Waals surface area contributed by atoms with Gasteiger partial charge in [-0.1, -0.05) is 23.9 Å². The van der Waals surface area contributed by atoms with Gasteiger partial charge in [-0.05, 0) is 37.0 Å². The molecule has 0 aliphatic heterocycles. The van der Waals surface area contributed by atoms with Crippen LogP contribution in [0.1, 0.15) is 24.4 Å². The largest absolute Gasteiger partial charge is 0.389 e. The van der Waals surface area contributed by atoms with Crippen molar-refractivity contribution < 1.29 is 9.50 Å². The number of aliphatic hydroxyl groups is 1. The van der Waals surface area contributed by atoms with Crippen molar-refractivity contribution in [3.8, 4) is 0 Å². The summed E-state index contributed by atoms with van der Waals surface area (Å²) in [6, 6.07) is 4.68. The zero-order valence-corrected chi connectivity index (χ0v) is 11.0. The zero-order chi connectivity index (χ0) is 12.4. The summed E-state index contributed by atoms with van der Waals surface area (Å²) >= 11 is 2.43. The van der Waals surface area contributed by atoms with E-state index in [-0.39, 0.29) is 5.82 Å². The number of aryl methyl sites for hydroxylation is 1. The summed E-state index contributed by atoms with van der Waals surface area (Å²) in [7, 11) is 0. The summed E-state index contributed by atoms with van der Waals surface area (Å²) in [6.07, 6.45) is -0.706. The van der Waals surface area contributed by atoms with E-state index in [2.05, 4.69) is 9.36 Å². The summed E-state index contributed by atoms with van der Waals surface area (Å²) in [5, 5.41) is 9.60. The Balaban J connectivity index is 2.37. The van der Waals surface area contributed by atoms with Crippen molar-refractivity contribution >= 4 is 23.3 Å². The highest BCUT2D eigenvalue weighted by atomic mass is 32.2. The first-order valence-corrected chi connectivity index (χ1v) is 6.61. The van der Waals surface area contributed by atoms with Gasteiger partial charge in [0.05, 0.1) is 11.0 Å². The van der Waals surface area contributed by atoms with Gasteiger partial charge in [-0.25, -0.2) is 9.37 Å². The highest BCUT2D eigenvalue weighted by Gasteiger charge is 2.15. The van der Waals surface area contributed by atoms with Crippen LogP contribution in [0.25, 0.3) is 0 Å². The molecule has 6 heteroatoms. The number of halogens is 1. The number of benzene rings is 1.